The van der Waals surface area contributed by atoms with Crippen molar-refractivity contribution in [2.24, 2.45) is 0 Å². The minimum atomic E-state index is -0.324. The van der Waals surface area contributed by atoms with Crippen LogP contribution in [-0.4, -0.2) is 27.6 Å². The van der Waals surface area contributed by atoms with Gasteiger partial charge in [0, 0.05) is 23.7 Å². The molecule has 5 rings (SSSR count). The summed E-state index contributed by atoms with van der Waals surface area (Å²) in [7, 11) is 1.60. The van der Waals surface area contributed by atoms with Crippen LogP contribution in [0.5, 0.6) is 5.75 Å². The zero-order chi connectivity index (χ0) is 23.5. The van der Waals surface area contributed by atoms with E-state index in [1.807, 2.05) is 60.7 Å². The summed E-state index contributed by atoms with van der Waals surface area (Å²) in [5.41, 5.74) is 4.64. The van der Waals surface area contributed by atoms with Gasteiger partial charge in [-0.2, -0.15) is 5.10 Å². The number of nitrogens with zero attached hydrogens (tertiary/aromatic N) is 3. The van der Waals surface area contributed by atoms with Gasteiger partial charge in [0.25, 0.3) is 5.91 Å². The molecule has 0 unspecified atom stereocenters. The number of halogens is 1. The summed E-state index contributed by atoms with van der Waals surface area (Å²) in [6.07, 6.45) is 0. The van der Waals surface area contributed by atoms with Crippen molar-refractivity contribution in [1.29, 1.82) is 0 Å². The maximum Gasteiger partial charge on any atom is 0.270 e. The Bertz CT molecular complexity index is 1460. The maximum atomic E-state index is 13.3. The van der Waals surface area contributed by atoms with E-state index in [4.69, 9.17) is 9.72 Å². The molecular weight excluding hydrogens is 431 g/mol. The molecule has 0 aliphatic rings. The fraction of sp³-hybridized carbons (Fsp3) is 0.0741. The van der Waals surface area contributed by atoms with Crippen molar-refractivity contribution in [1.82, 2.24) is 19.9 Å². The van der Waals surface area contributed by atoms with E-state index in [9.17, 15) is 9.18 Å². The first-order chi connectivity index (χ1) is 16.6. The third-order valence-electron chi connectivity index (χ3n) is 5.48. The third kappa shape index (κ3) is 4.23. The number of ether oxygens (including phenoxy) is 1. The van der Waals surface area contributed by atoms with Crippen LogP contribution in [0.1, 0.15) is 16.1 Å². The summed E-state index contributed by atoms with van der Waals surface area (Å²) in [4.78, 5) is 18.0. The molecule has 0 bridgehead atoms. The number of carbonyl (C=O) groups excluding carboxylic acids is 1. The van der Waals surface area contributed by atoms with Gasteiger partial charge in [0.2, 0.25) is 0 Å². The fourth-order valence-electron chi connectivity index (χ4n) is 3.76. The summed E-state index contributed by atoms with van der Waals surface area (Å²) in [5.74, 6) is 0.00718. The van der Waals surface area contributed by atoms with Crippen molar-refractivity contribution in [2.75, 3.05) is 7.11 Å². The molecule has 0 atom stereocenters. The van der Waals surface area contributed by atoms with Crippen LogP contribution >= 0.6 is 0 Å². The van der Waals surface area contributed by atoms with Gasteiger partial charge in [-0.05, 0) is 35.9 Å². The lowest BCUT2D eigenvalue weighted by Gasteiger charge is -2.11. The Balaban J connectivity index is 1.59. The fourth-order valence-corrected chi connectivity index (χ4v) is 3.76. The SMILES string of the molecule is COc1ccccc1-c1cc(C(=O)NCc2ccc(F)cc2)n2nc(-c3ccccc3)cc2n1. The summed E-state index contributed by atoms with van der Waals surface area (Å²) >= 11 is 0. The number of fused-ring (bicyclic) bond motifs is 1. The van der Waals surface area contributed by atoms with Crippen molar-refractivity contribution in [2.45, 2.75) is 6.54 Å². The van der Waals surface area contributed by atoms with Crippen LogP contribution in [0.15, 0.2) is 91.0 Å². The normalized spacial score (nSPS) is 10.9. The zero-order valence-corrected chi connectivity index (χ0v) is 18.4. The molecule has 0 spiro atoms. The highest BCUT2D eigenvalue weighted by Gasteiger charge is 2.18. The van der Waals surface area contributed by atoms with Gasteiger partial charge < -0.3 is 10.1 Å². The number of rotatable bonds is 6. The summed E-state index contributed by atoms with van der Waals surface area (Å²) in [6, 6.07) is 26.8. The Hall–Kier alpha value is -4.52. The van der Waals surface area contributed by atoms with Gasteiger partial charge in [0.05, 0.1) is 18.5 Å². The second kappa shape index (κ2) is 9.15. The Morgan fingerprint density at radius 3 is 2.44 bits per heavy atom. The van der Waals surface area contributed by atoms with Gasteiger partial charge in [-0.1, -0.05) is 54.6 Å². The van der Waals surface area contributed by atoms with Crippen LogP contribution in [0.2, 0.25) is 0 Å². The molecule has 168 valence electrons. The average Bonchev–Trinajstić information content (AvgIpc) is 3.32. The number of aromatic nitrogens is 3. The zero-order valence-electron chi connectivity index (χ0n) is 18.4. The van der Waals surface area contributed by atoms with Crippen LogP contribution in [0.4, 0.5) is 4.39 Å². The maximum absolute atomic E-state index is 13.3. The number of amides is 1. The van der Waals surface area contributed by atoms with Gasteiger partial charge in [0.15, 0.2) is 5.65 Å². The lowest BCUT2D eigenvalue weighted by atomic mass is 10.1. The molecule has 0 saturated carbocycles. The number of hydrogen-bond donors (Lipinski definition) is 1. The predicted molar refractivity (Wildman–Crippen MR) is 128 cm³/mol. The Kier molecular flexibility index (Phi) is 5.74. The highest BCUT2D eigenvalue weighted by molar-refractivity contribution is 5.94. The molecular formula is C27H21FN4O2. The molecule has 3 aromatic carbocycles. The first kappa shape index (κ1) is 21.3. The third-order valence-corrected chi connectivity index (χ3v) is 5.48. The number of hydrogen-bond acceptors (Lipinski definition) is 4. The smallest absolute Gasteiger partial charge is 0.270 e. The number of nitrogens with one attached hydrogen (secondary N) is 1. The van der Waals surface area contributed by atoms with E-state index in [0.29, 0.717) is 28.5 Å². The van der Waals surface area contributed by atoms with Gasteiger partial charge in [-0.15, -0.1) is 0 Å². The van der Waals surface area contributed by atoms with Crippen LogP contribution in [0, 0.1) is 5.82 Å². The minimum absolute atomic E-state index is 0.250. The molecule has 7 heteroatoms. The standard InChI is InChI=1S/C27H21FN4O2/c1-34-25-10-6-5-9-21(25)23-15-24(27(33)29-17-18-11-13-20(28)14-12-18)32-26(30-23)16-22(31-32)19-7-3-2-4-8-19/h2-16H,17H2,1H3,(H,29,33). The summed E-state index contributed by atoms with van der Waals surface area (Å²) in [6.45, 7) is 0.250. The van der Waals surface area contributed by atoms with Crippen LogP contribution < -0.4 is 10.1 Å². The van der Waals surface area contributed by atoms with Gasteiger partial charge >= 0.3 is 0 Å². The summed E-state index contributed by atoms with van der Waals surface area (Å²) < 4.78 is 20.3. The topological polar surface area (TPSA) is 68.5 Å². The molecule has 0 aliphatic carbocycles. The molecule has 0 radical (unpaired) electrons. The van der Waals surface area contributed by atoms with E-state index in [2.05, 4.69) is 10.4 Å². The van der Waals surface area contributed by atoms with E-state index in [1.165, 1.54) is 12.1 Å². The van der Waals surface area contributed by atoms with Crippen molar-refractivity contribution in [3.63, 3.8) is 0 Å². The highest BCUT2D eigenvalue weighted by Crippen LogP contribution is 2.30. The number of para-hydroxylation sites is 1. The second-order valence-corrected chi connectivity index (χ2v) is 7.70. The quantitative estimate of drug-likeness (QED) is 0.387. The molecule has 0 aliphatic heterocycles. The van der Waals surface area contributed by atoms with Crippen molar-refractivity contribution in [3.05, 3.63) is 108 Å². The number of carbonyl (C=O) groups is 1. The van der Waals surface area contributed by atoms with E-state index in [1.54, 1.807) is 29.8 Å². The molecule has 34 heavy (non-hydrogen) atoms. The first-order valence-corrected chi connectivity index (χ1v) is 10.7. The molecule has 0 saturated heterocycles. The molecule has 2 aromatic heterocycles. The minimum Gasteiger partial charge on any atom is -0.496 e. The summed E-state index contributed by atoms with van der Waals surface area (Å²) in [5, 5.41) is 7.56. The van der Waals surface area contributed by atoms with E-state index < -0.39 is 0 Å². The van der Waals surface area contributed by atoms with Crippen LogP contribution in [0.3, 0.4) is 0 Å². The molecule has 1 N–H and O–H groups in total. The molecule has 5 aromatic rings. The molecule has 2 heterocycles. The lowest BCUT2D eigenvalue weighted by molar-refractivity contribution is 0.0943. The Morgan fingerprint density at radius 1 is 0.941 bits per heavy atom. The number of benzene rings is 3. The van der Waals surface area contributed by atoms with E-state index in [0.717, 1.165) is 16.7 Å². The largest absolute Gasteiger partial charge is 0.496 e. The van der Waals surface area contributed by atoms with E-state index in [-0.39, 0.29) is 18.3 Å². The molecule has 0 fully saturated rings. The monoisotopic (exact) mass is 452 g/mol. The second-order valence-electron chi connectivity index (χ2n) is 7.70. The average molecular weight is 452 g/mol. The Morgan fingerprint density at radius 2 is 1.68 bits per heavy atom. The van der Waals surface area contributed by atoms with Crippen molar-refractivity contribution < 1.29 is 13.9 Å². The van der Waals surface area contributed by atoms with Gasteiger partial charge in [0.1, 0.15) is 17.3 Å². The predicted octanol–water partition coefficient (Wildman–Crippen LogP) is 5.14. The lowest BCUT2D eigenvalue weighted by Crippen LogP contribution is -2.25. The number of methoxy groups -OCH3 is 1. The van der Waals surface area contributed by atoms with Crippen molar-refractivity contribution >= 4 is 11.6 Å². The van der Waals surface area contributed by atoms with Crippen LogP contribution in [0.25, 0.3) is 28.2 Å². The molecule has 6 nitrogen and oxygen atoms in total. The van der Waals surface area contributed by atoms with E-state index >= 15 is 0 Å². The Labute approximate surface area is 195 Å². The van der Waals surface area contributed by atoms with Gasteiger partial charge in [-0.3, -0.25) is 4.79 Å². The van der Waals surface area contributed by atoms with Gasteiger partial charge in [-0.25, -0.2) is 13.9 Å². The molecule has 1 amide bonds. The highest BCUT2D eigenvalue weighted by atomic mass is 19.1. The first-order valence-electron chi connectivity index (χ1n) is 10.7. The van der Waals surface area contributed by atoms with Crippen molar-refractivity contribution in [3.8, 4) is 28.3 Å². The van der Waals surface area contributed by atoms with Crippen LogP contribution in [-0.2, 0) is 6.54 Å².